The van der Waals surface area contributed by atoms with Crippen LogP contribution in [0.25, 0.3) is 98.5 Å². The maximum absolute atomic E-state index is 7.09. The first-order chi connectivity index (χ1) is 34.4. The molecule has 3 aromatic heterocycles. The number of benzene rings is 11. The lowest BCUT2D eigenvalue weighted by Gasteiger charge is -2.26. The van der Waals surface area contributed by atoms with Crippen LogP contribution in [0.2, 0.25) is 0 Å². The van der Waals surface area contributed by atoms with Crippen LogP contribution in [0.5, 0.6) is 0 Å². The molecular formula is C65H42N2O3. The van der Waals surface area contributed by atoms with Crippen molar-refractivity contribution in [2.24, 2.45) is 0 Å². The molecular weight excluding hydrogens is 857 g/mol. The van der Waals surface area contributed by atoms with Crippen LogP contribution in [0.15, 0.2) is 232 Å². The molecule has 0 saturated carbocycles. The van der Waals surface area contributed by atoms with Gasteiger partial charge >= 0.3 is 0 Å². The van der Waals surface area contributed by atoms with Crippen LogP contribution >= 0.6 is 0 Å². The second-order valence-electron chi connectivity index (χ2n) is 19.2. The van der Waals surface area contributed by atoms with Crippen LogP contribution in [0.1, 0.15) is 25.0 Å². The van der Waals surface area contributed by atoms with Gasteiger partial charge in [-0.05, 0) is 141 Å². The predicted octanol–water partition coefficient (Wildman–Crippen LogP) is 18.9. The van der Waals surface area contributed by atoms with Crippen molar-refractivity contribution in [3.05, 3.63) is 230 Å². The third-order valence-corrected chi connectivity index (χ3v) is 14.9. The monoisotopic (exact) mass is 898 g/mol. The summed E-state index contributed by atoms with van der Waals surface area (Å²) >= 11 is 0. The third-order valence-electron chi connectivity index (χ3n) is 14.9. The van der Waals surface area contributed by atoms with Gasteiger partial charge in [-0.2, -0.15) is 0 Å². The van der Waals surface area contributed by atoms with E-state index in [1.54, 1.807) is 0 Å². The molecule has 0 N–H and O–H groups in total. The summed E-state index contributed by atoms with van der Waals surface area (Å²) in [5.41, 5.74) is 16.2. The third kappa shape index (κ3) is 5.60. The van der Waals surface area contributed by atoms with Gasteiger partial charge in [-0.1, -0.05) is 129 Å². The fourth-order valence-corrected chi connectivity index (χ4v) is 11.7. The molecule has 0 bridgehead atoms. The highest BCUT2D eigenvalue weighted by molar-refractivity contribution is 6.15. The molecule has 15 rings (SSSR count). The quantitative estimate of drug-likeness (QED) is 0.166. The zero-order valence-electron chi connectivity index (χ0n) is 38.4. The van der Waals surface area contributed by atoms with Gasteiger partial charge in [0.25, 0.3) is 0 Å². The Kier molecular flexibility index (Phi) is 8.06. The van der Waals surface area contributed by atoms with Gasteiger partial charge in [0.05, 0.1) is 11.4 Å². The maximum Gasteiger partial charge on any atom is 0.159 e. The summed E-state index contributed by atoms with van der Waals surface area (Å²) in [4.78, 5) is 4.62. The van der Waals surface area contributed by atoms with E-state index < -0.39 is 0 Å². The number of rotatable bonds is 6. The van der Waals surface area contributed by atoms with Crippen molar-refractivity contribution in [2.75, 3.05) is 9.80 Å². The van der Waals surface area contributed by atoms with E-state index in [1.165, 1.54) is 33.0 Å². The topological polar surface area (TPSA) is 45.9 Å². The molecule has 0 unspecified atom stereocenters. The van der Waals surface area contributed by atoms with Gasteiger partial charge < -0.3 is 23.1 Å². The molecule has 3 heterocycles. The van der Waals surface area contributed by atoms with Crippen LogP contribution in [0.4, 0.5) is 34.1 Å². The standard InChI is InChI=1S/C65H42N2O3/c1-65(2)55-37-41-33-45(66(43-15-5-3-6-16-43)56-23-13-21-50-47-19-9-11-25-58(47)68-62(50)56)29-27-39(41)35-53(55)49-31-32-52-54-36-40-28-30-46(34-42(40)38-60(54)70-64(52)61(49)65)67(44-17-7-4-8-18-44)57-24-14-22-51-48-20-10-12-26-59(48)69-63(51)57/h3-38H,1-2H3. The second-order valence-corrected chi connectivity index (χ2v) is 19.2. The molecule has 0 saturated heterocycles. The normalized spacial score (nSPS) is 13.1. The number of furan rings is 3. The van der Waals surface area contributed by atoms with Gasteiger partial charge in [-0.15, -0.1) is 0 Å². The van der Waals surface area contributed by atoms with Gasteiger partial charge in [0.2, 0.25) is 0 Å². The molecule has 70 heavy (non-hydrogen) atoms. The molecule has 5 nitrogen and oxygen atoms in total. The van der Waals surface area contributed by atoms with Crippen molar-refractivity contribution in [3.63, 3.8) is 0 Å². The summed E-state index contributed by atoms with van der Waals surface area (Å²) in [7, 11) is 0. The first-order valence-corrected chi connectivity index (χ1v) is 24.0. The van der Waals surface area contributed by atoms with E-state index in [-0.39, 0.29) is 5.41 Å². The number of nitrogens with zero attached hydrogens (tertiary/aromatic N) is 2. The van der Waals surface area contributed by atoms with Crippen molar-refractivity contribution in [1.29, 1.82) is 0 Å². The van der Waals surface area contributed by atoms with Gasteiger partial charge in [0, 0.05) is 66.0 Å². The van der Waals surface area contributed by atoms with E-state index in [1.807, 2.05) is 24.3 Å². The molecule has 0 aliphatic heterocycles. The zero-order chi connectivity index (χ0) is 46.2. The minimum Gasteiger partial charge on any atom is -0.456 e. The highest BCUT2D eigenvalue weighted by Crippen LogP contribution is 2.54. The molecule has 1 aliphatic carbocycles. The van der Waals surface area contributed by atoms with Crippen molar-refractivity contribution in [2.45, 2.75) is 19.3 Å². The molecule has 330 valence electrons. The van der Waals surface area contributed by atoms with Gasteiger partial charge in [0.15, 0.2) is 11.2 Å². The van der Waals surface area contributed by atoms with Crippen LogP contribution in [-0.4, -0.2) is 0 Å². The van der Waals surface area contributed by atoms with Gasteiger partial charge in [0.1, 0.15) is 22.3 Å². The molecule has 5 heteroatoms. The van der Waals surface area contributed by atoms with Gasteiger partial charge in [-0.25, -0.2) is 0 Å². The molecule has 1 aliphatic rings. The first-order valence-electron chi connectivity index (χ1n) is 24.0. The van der Waals surface area contributed by atoms with Crippen molar-refractivity contribution in [3.8, 4) is 11.1 Å². The molecule has 11 aromatic carbocycles. The zero-order valence-corrected chi connectivity index (χ0v) is 38.4. The minimum absolute atomic E-state index is 0.332. The Labute approximate surface area is 402 Å². The summed E-state index contributed by atoms with van der Waals surface area (Å²) in [5, 5.41) is 11.3. The summed E-state index contributed by atoms with van der Waals surface area (Å²) in [6, 6.07) is 78.0. The summed E-state index contributed by atoms with van der Waals surface area (Å²) in [5.74, 6) is 0. The maximum atomic E-state index is 7.09. The van der Waals surface area contributed by atoms with E-state index >= 15 is 0 Å². The van der Waals surface area contributed by atoms with Crippen molar-refractivity contribution < 1.29 is 13.3 Å². The Morgan fingerprint density at radius 3 is 1.41 bits per heavy atom. The number of fused-ring (bicyclic) bond motifs is 15. The van der Waals surface area contributed by atoms with E-state index in [2.05, 4.69) is 218 Å². The fourth-order valence-electron chi connectivity index (χ4n) is 11.7. The Balaban J connectivity index is 0.847. The molecule has 0 spiro atoms. The Morgan fingerprint density at radius 2 is 0.814 bits per heavy atom. The summed E-state index contributed by atoms with van der Waals surface area (Å²) < 4.78 is 20.3. The smallest absolute Gasteiger partial charge is 0.159 e. The predicted molar refractivity (Wildman–Crippen MR) is 290 cm³/mol. The lowest BCUT2D eigenvalue weighted by Crippen LogP contribution is -2.15. The first kappa shape index (κ1) is 39.0. The largest absolute Gasteiger partial charge is 0.456 e. The molecule has 14 aromatic rings. The van der Waals surface area contributed by atoms with Crippen molar-refractivity contribution >= 4 is 121 Å². The lowest BCUT2D eigenvalue weighted by atomic mass is 9.81. The van der Waals surface area contributed by atoms with Crippen LogP contribution in [0.3, 0.4) is 0 Å². The highest BCUT2D eigenvalue weighted by atomic mass is 16.3. The van der Waals surface area contributed by atoms with Crippen LogP contribution in [0, 0.1) is 0 Å². The summed E-state index contributed by atoms with van der Waals surface area (Å²) in [6.07, 6.45) is 0. The minimum atomic E-state index is -0.332. The fraction of sp³-hybridized carbons (Fsp3) is 0.0462. The molecule has 0 radical (unpaired) electrons. The molecule has 0 amide bonds. The average molecular weight is 899 g/mol. The Morgan fingerprint density at radius 1 is 0.314 bits per heavy atom. The number of hydrogen-bond donors (Lipinski definition) is 0. The van der Waals surface area contributed by atoms with Gasteiger partial charge in [-0.3, -0.25) is 0 Å². The van der Waals surface area contributed by atoms with E-state index in [4.69, 9.17) is 13.3 Å². The molecule has 0 atom stereocenters. The Hall–Kier alpha value is -9.06. The lowest BCUT2D eigenvalue weighted by molar-refractivity contribution is 0.620. The Bertz CT molecular complexity index is 4460. The average Bonchev–Trinajstić information content (AvgIpc) is 4.14. The summed E-state index contributed by atoms with van der Waals surface area (Å²) in [6.45, 7) is 4.70. The SMILES string of the molecule is CC1(C)c2cc3cc(N(c4ccccc4)c4cccc5c4oc4ccccc45)ccc3cc2-c2ccc3c(oc4cc5cc(N(c6ccccc6)c6cccc7c6oc6ccccc67)ccc5cc43)c21. The van der Waals surface area contributed by atoms with Crippen LogP contribution in [-0.2, 0) is 5.41 Å². The van der Waals surface area contributed by atoms with E-state index in [0.29, 0.717) is 0 Å². The van der Waals surface area contributed by atoms with E-state index in [9.17, 15) is 0 Å². The molecule has 0 fully saturated rings. The van der Waals surface area contributed by atoms with Crippen LogP contribution < -0.4 is 9.80 Å². The highest BCUT2D eigenvalue weighted by Gasteiger charge is 2.39. The number of anilines is 6. The number of hydrogen-bond acceptors (Lipinski definition) is 5. The van der Waals surface area contributed by atoms with Crippen molar-refractivity contribution in [1.82, 2.24) is 0 Å². The van der Waals surface area contributed by atoms with E-state index in [0.717, 1.165) is 111 Å². The second kappa shape index (κ2) is 14.5. The number of para-hydroxylation sites is 6.